The lowest BCUT2D eigenvalue weighted by atomic mass is 10.1. The van der Waals surface area contributed by atoms with Crippen molar-refractivity contribution in [1.29, 1.82) is 5.26 Å². The number of nitrogens with zero attached hydrogens (tertiary/aromatic N) is 7. The van der Waals surface area contributed by atoms with E-state index in [1.807, 2.05) is 25.1 Å². The van der Waals surface area contributed by atoms with Crippen LogP contribution in [0.4, 0.5) is 18.0 Å². The second kappa shape index (κ2) is 11.6. The quantitative estimate of drug-likeness (QED) is 0.265. The molecule has 5 rings (SSSR count). The molecule has 0 fully saturated rings. The van der Waals surface area contributed by atoms with Crippen LogP contribution < -0.4 is 11.0 Å². The first-order valence-electron chi connectivity index (χ1n) is 13.7. The Morgan fingerprint density at radius 2 is 1.80 bits per heavy atom. The Bertz CT molecular complexity index is 1970. The Balaban J connectivity index is 1.67. The first-order chi connectivity index (χ1) is 21.2. The molecule has 0 unspecified atom stereocenters. The molecule has 0 atom stereocenters. The number of rotatable bonds is 7. The number of hydrogen-bond donors (Lipinski definition) is 1. The zero-order valence-corrected chi connectivity index (χ0v) is 25.0. The molecule has 1 amide bonds. The molecule has 11 nitrogen and oxygen atoms in total. The van der Waals surface area contributed by atoms with Crippen LogP contribution in [0.25, 0.3) is 22.8 Å². The monoisotopic (exact) mass is 618 g/mol. The third-order valence-corrected chi connectivity index (χ3v) is 7.03. The maximum atomic E-state index is 14.1. The van der Waals surface area contributed by atoms with Crippen molar-refractivity contribution in [2.45, 2.75) is 39.0 Å². The lowest BCUT2D eigenvalue weighted by Crippen LogP contribution is -2.46. The number of benzene rings is 2. The lowest BCUT2D eigenvalue weighted by Gasteiger charge is -2.23. The Kier molecular flexibility index (Phi) is 7.99. The smallest absolute Gasteiger partial charge is 0.416 e. The van der Waals surface area contributed by atoms with Gasteiger partial charge in [0, 0.05) is 0 Å². The second-order valence-electron chi connectivity index (χ2n) is 11.1. The van der Waals surface area contributed by atoms with Crippen molar-refractivity contribution in [3.63, 3.8) is 0 Å². The number of aromatic nitrogens is 5. The van der Waals surface area contributed by atoms with Crippen LogP contribution >= 0.6 is 0 Å². The van der Waals surface area contributed by atoms with Crippen LogP contribution in [0.3, 0.4) is 0 Å². The highest BCUT2D eigenvalue weighted by Crippen LogP contribution is 2.32. The summed E-state index contributed by atoms with van der Waals surface area (Å²) in [4.78, 5) is 34.3. The van der Waals surface area contributed by atoms with Gasteiger partial charge in [0.2, 0.25) is 5.89 Å². The minimum absolute atomic E-state index is 0.0788. The number of oxazole rings is 1. The lowest BCUT2D eigenvalue weighted by molar-refractivity contribution is -0.137. The van der Waals surface area contributed by atoms with Gasteiger partial charge in [0.15, 0.2) is 0 Å². The Morgan fingerprint density at radius 3 is 2.44 bits per heavy atom. The molecule has 232 valence electrons. The molecule has 45 heavy (non-hydrogen) atoms. The van der Waals surface area contributed by atoms with Crippen LogP contribution in [-0.2, 0) is 18.3 Å². The van der Waals surface area contributed by atoms with Gasteiger partial charge in [-0.15, -0.1) is 0 Å². The summed E-state index contributed by atoms with van der Waals surface area (Å²) in [6, 6.07) is 13.5. The van der Waals surface area contributed by atoms with E-state index in [4.69, 9.17) is 4.42 Å². The summed E-state index contributed by atoms with van der Waals surface area (Å²) >= 11 is 0. The van der Waals surface area contributed by atoms with Crippen LogP contribution in [0.5, 0.6) is 0 Å². The molecule has 0 spiro atoms. The number of alkyl halides is 3. The van der Waals surface area contributed by atoms with Crippen LogP contribution in [0.2, 0.25) is 0 Å². The summed E-state index contributed by atoms with van der Waals surface area (Å²) in [5.41, 5.74) is -1.61. The molecule has 0 aliphatic rings. The number of halogens is 3. The van der Waals surface area contributed by atoms with Gasteiger partial charge in [-0.2, -0.15) is 23.5 Å². The van der Waals surface area contributed by atoms with Crippen LogP contribution in [0.15, 0.2) is 76.2 Å². The second-order valence-corrected chi connectivity index (χ2v) is 11.1. The molecule has 0 radical (unpaired) electrons. The molecule has 0 saturated carbocycles. The van der Waals surface area contributed by atoms with Crippen molar-refractivity contribution in [3.05, 3.63) is 106 Å². The molecular formula is C31H29F3N8O3. The average molecular weight is 619 g/mol. The number of nitriles is 1. The summed E-state index contributed by atoms with van der Waals surface area (Å²) in [5.74, 6) is 0.756. The maximum Gasteiger partial charge on any atom is 0.416 e. The zero-order chi connectivity index (χ0) is 32.7. The molecule has 1 N–H and O–H groups in total. The molecular weight excluding hydrogens is 589 g/mol. The highest BCUT2D eigenvalue weighted by Gasteiger charge is 2.34. The van der Waals surface area contributed by atoms with Gasteiger partial charge in [0.25, 0.3) is 0 Å². The van der Waals surface area contributed by atoms with Crippen molar-refractivity contribution in [2.24, 2.45) is 0 Å². The molecule has 2 aromatic carbocycles. The summed E-state index contributed by atoms with van der Waals surface area (Å²) < 4.78 is 50.1. The number of carbonyl (C=O) groups excluding carboxylic acids is 1. The molecule has 0 saturated heterocycles. The minimum Gasteiger partial charge on any atom is -0.442 e. The standard InChI is InChI=1S/C31H29F3N8O3/c1-19-26(25-13-14-37-42(25)22-11-9-20(16-35)10-12-22)41(29(44)40(19)23-8-6-7-21(15-23)31(32,33)34)28(43)38-30(2,3)27-36-17-24(45-27)18-39(4)5/h6-15,17H,18H2,1-5H3,(H,38,43). The van der Waals surface area contributed by atoms with E-state index >= 15 is 0 Å². The number of carbonyl (C=O) groups is 1. The van der Waals surface area contributed by atoms with Gasteiger partial charge in [-0.25, -0.2) is 23.8 Å². The van der Waals surface area contributed by atoms with Gasteiger partial charge in [-0.1, -0.05) is 6.07 Å². The summed E-state index contributed by atoms with van der Waals surface area (Å²) in [6.07, 6.45) is -1.65. The van der Waals surface area contributed by atoms with E-state index in [9.17, 15) is 28.0 Å². The first-order valence-corrected chi connectivity index (χ1v) is 13.7. The third kappa shape index (κ3) is 6.02. The highest BCUT2D eigenvalue weighted by atomic mass is 19.4. The fraction of sp³-hybridized carbons (Fsp3) is 0.258. The third-order valence-electron chi connectivity index (χ3n) is 7.03. The topological polar surface area (TPSA) is 127 Å². The normalized spacial score (nSPS) is 12.0. The fourth-order valence-corrected chi connectivity index (χ4v) is 4.94. The van der Waals surface area contributed by atoms with E-state index in [1.165, 1.54) is 29.9 Å². The van der Waals surface area contributed by atoms with Gasteiger partial charge in [-0.3, -0.25) is 4.57 Å². The van der Waals surface area contributed by atoms with Gasteiger partial charge in [0.05, 0.1) is 58.9 Å². The van der Waals surface area contributed by atoms with E-state index in [0.717, 1.165) is 21.3 Å². The molecule has 5 aromatic rings. The van der Waals surface area contributed by atoms with Gasteiger partial charge in [-0.05, 0) is 83.4 Å². The van der Waals surface area contributed by atoms with Crippen molar-refractivity contribution >= 4 is 6.03 Å². The highest BCUT2D eigenvalue weighted by molar-refractivity contribution is 5.84. The first kappa shape index (κ1) is 31.0. The maximum absolute atomic E-state index is 14.1. The van der Waals surface area contributed by atoms with E-state index in [2.05, 4.69) is 15.4 Å². The van der Waals surface area contributed by atoms with E-state index in [1.54, 1.807) is 50.4 Å². The number of nitrogens with one attached hydrogen (secondary N) is 1. The Morgan fingerprint density at radius 1 is 1.09 bits per heavy atom. The van der Waals surface area contributed by atoms with Crippen molar-refractivity contribution in [2.75, 3.05) is 14.1 Å². The number of imidazole rings is 1. The summed E-state index contributed by atoms with van der Waals surface area (Å²) in [7, 11) is 3.73. The molecule has 0 aliphatic carbocycles. The number of hydrogen-bond acceptors (Lipinski definition) is 7. The van der Waals surface area contributed by atoms with E-state index in [-0.39, 0.29) is 23.0 Å². The van der Waals surface area contributed by atoms with Gasteiger partial charge < -0.3 is 14.6 Å². The molecule has 0 bridgehead atoms. The van der Waals surface area contributed by atoms with Crippen LogP contribution in [0, 0.1) is 18.3 Å². The van der Waals surface area contributed by atoms with Gasteiger partial charge >= 0.3 is 17.9 Å². The molecule has 0 aliphatic heterocycles. The van der Waals surface area contributed by atoms with E-state index in [0.29, 0.717) is 29.2 Å². The summed E-state index contributed by atoms with van der Waals surface area (Å²) in [6.45, 7) is 5.31. The van der Waals surface area contributed by atoms with Crippen LogP contribution in [-0.4, -0.2) is 48.9 Å². The predicted octanol–water partition coefficient (Wildman–Crippen LogP) is 5.23. The van der Waals surface area contributed by atoms with Crippen molar-refractivity contribution in [1.82, 2.24) is 34.1 Å². The largest absolute Gasteiger partial charge is 0.442 e. The molecule has 3 aromatic heterocycles. The van der Waals surface area contributed by atoms with Crippen molar-refractivity contribution in [3.8, 4) is 28.8 Å². The molecule has 3 heterocycles. The van der Waals surface area contributed by atoms with Gasteiger partial charge in [0.1, 0.15) is 17.0 Å². The average Bonchev–Trinajstić information content (AvgIpc) is 3.70. The van der Waals surface area contributed by atoms with Crippen molar-refractivity contribution < 1.29 is 22.4 Å². The minimum atomic E-state index is -4.66. The Hall–Kier alpha value is -5.42. The SMILES string of the molecule is Cc1c(-c2ccnn2-c2ccc(C#N)cc2)n(C(=O)NC(C)(C)c2ncc(CN(C)C)o2)c(=O)n1-c1cccc(C(F)(F)F)c1. The van der Waals surface area contributed by atoms with Crippen LogP contribution in [0.1, 0.15) is 42.3 Å². The summed E-state index contributed by atoms with van der Waals surface area (Å²) in [5, 5.41) is 16.4. The fourth-order valence-electron chi connectivity index (χ4n) is 4.94. The van der Waals surface area contributed by atoms with E-state index < -0.39 is 29.0 Å². The Labute approximate surface area is 255 Å². The zero-order valence-electron chi connectivity index (χ0n) is 25.0. The molecule has 14 heteroatoms. The predicted molar refractivity (Wildman–Crippen MR) is 158 cm³/mol. The number of amides is 1.